The van der Waals surface area contributed by atoms with E-state index in [1.165, 1.54) is 0 Å². The van der Waals surface area contributed by atoms with E-state index in [9.17, 15) is 0 Å². The second-order valence-corrected chi connectivity index (χ2v) is 3.25. The zero-order chi connectivity index (χ0) is 10.5. The lowest BCUT2D eigenvalue weighted by Crippen LogP contribution is -2.06. The normalized spacial score (nSPS) is 10.2. The fraction of sp³-hybridized carbons (Fsp3) is 0.273. The number of aryl methyl sites for hydroxylation is 1. The maximum Gasteiger partial charge on any atom is 0.129 e. The Hall–Kier alpha value is -1.84. The molecule has 2 rings (SSSR count). The topological polar surface area (TPSA) is 51.0 Å². The van der Waals surface area contributed by atoms with E-state index in [0.717, 1.165) is 30.4 Å². The van der Waals surface area contributed by atoms with Gasteiger partial charge in [-0.2, -0.15) is 0 Å². The maximum absolute atomic E-state index is 5.22. The highest BCUT2D eigenvalue weighted by molar-refractivity contribution is 5.32. The lowest BCUT2D eigenvalue weighted by Gasteiger charge is -2.03. The van der Waals surface area contributed by atoms with Crippen LogP contribution in [0.25, 0.3) is 0 Å². The molecular formula is C11H13N3O. The zero-order valence-electron chi connectivity index (χ0n) is 8.60. The highest BCUT2D eigenvalue weighted by atomic mass is 16.3. The van der Waals surface area contributed by atoms with Crippen LogP contribution in [0.5, 0.6) is 0 Å². The van der Waals surface area contributed by atoms with Gasteiger partial charge in [0, 0.05) is 19.2 Å². The summed E-state index contributed by atoms with van der Waals surface area (Å²) < 4.78 is 5.22. The fourth-order valence-corrected chi connectivity index (χ4v) is 1.32. The molecule has 0 amide bonds. The van der Waals surface area contributed by atoms with Crippen molar-refractivity contribution in [2.75, 3.05) is 11.9 Å². The number of furan rings is 1. The van der Waals surface area contributed by atoms with Gasteiger partial charge in [-0.3, -0.25) is 0 Å². The molecule has 78 valence electrons. The van der Waals surface area contributed by atoms with Crippen LogP contribution in [0.1, 0.15) is 11.6 Å². The first-order valence-electron chi connectivity index (χ1n) is 4.90. The molecule has 0 aliphatic rings. The van der Waals surface area contributed by atoms with Crippen molar-refractivity contribution in [3.05, 3.63) is 42.2 Å². The summed E-state index contributed by atoms with van der Waals surface area (Å²) in [4.78, 5) is 8.27. The van der Waals surface area contributed by atoms with Crippen LogP contribution < -0.4 is 5.32 Å². The minimum atomic E-state index is 0.776. The molecule has 0 saturated carbocycles. The molecule has 0 aliphatic heterocycles. The van der Waals surface area contributed by atoms with Crippen LogP contribution in [0.3, 0.4) is 0 Å². The third-order valence-corrected chi connectivity index (χ3v) is 2.03. The largest absolute Gasteiger partial charge is 0.469 e. The van der Waals surface area contributed by atoms with Crippen molar-refractivity contribution >= 4 is 5.82 Å². The molecule has 4 heteroatoms. The average Bonchev–Trinajstić information content (AvgIpc) is 2.71. The predicted molar refractivity (Wildman–Crippen MR) is 57.7 cm³/mol. The van der Waals surface area contributed by atoms with Crippen molar-refractivity contribution < 1.29 is 4.42 Å². The summed E-state index contributed by atoms with van der Waals surface area (Å²) in [6.07, 6.45) is 4.29. The first-order chi connectivity index (χ1) is 7.34. The molecule has 0 saturated heterocycles. The number of nitrogens with zero attached hydrogens (tertiary/aromatic N) is 2. The van der Waals surface area contributed by atoms with Gasteiger partial charge in [-0.25, -0.2) is 9.97 Å². The summed E-state index contributed by atoms with van der Waals surface area (Å²) in [5.74, 6) is 2.61. The monoisotopic (exact) mass is 203 g/mol. The van der Waals surface area contributed by atoms with Gasteiger partial charge >= 0.3 is 0 Å². The van der Waals surface area contributed by atoms with Crippen LogP contribution in [0.2, 0.25) is 0 Å². The number of nitrogens with one attached hydrogen (secondary N) is 1. The van der Waals surface area contributed by atoms with Crippen molar-refractivity contribution in [1.82, 2.24) is 9.97 Å². The standard InChI is InChI=1S/C11H13N3O/c1-9-12-7-5-11(14-9)13-6-4-10-3-2-8-15-10/h2-3,5,7-8H,4,6H2,1H3,(H,12,13,14). The number of aromatic nitrogens is 2. The Morgan fingerprint density at radius 3 is 3.07 bits per heavy atom. The van der Waals surface area contributed by atoms with Gasteiger partial charge in [-0.1, -0.05) is 0 Å². The van der Waals surface area contributed by atoms with Gasteiger partial charge in [0.15, 0.2) is 0 Å². The zero-order valence-corrected chi connectivity index (χ0v) is 8.60. The SMILES string of the molecule is Cc1nccc(NCCc2ccco2)n1. The Labute approximate surface area is 88.4 Å². The molecular weight excluding hydrogens is 190 g/mol. The molecule has 2 aromatic heterocycles. The molecule has 0 aromatic carbocycles. The molecule has 0 spiro atoms. The van der Waals surface area contributed by atoms with E-state index in [0.29, 0.717) is 0 Å². The number of hydrogen-bond acceptors (Lipinski definition) is 4. The number of rotatable bonds is 4. The third kappa shape index (κ3) is 2.80. The van der Waals surface area contributed by atoms with Crippen LogP contribution in [-0.2, 0) is 6.42 Å². The lowest BCUT2D eigenvalue weighted by atomic mass is 10.3. The van der Waals surface area contributed by atoms with E-state index in [1.54, 1.807) is 12.5 Å². The van der Waals surface area contributed by atoms with Crippen LogP contribution in [0.15, 0.2) is 35.1 Å². The molecule has 0 fully saturated rings. The molecule has 2 heterocycles. The molecule has 2 aromatic rings. The second-order valence-electron chi connectivity index (χ2n) is 3.25. The van der Waals surface area contributed by atoms with E-state index >= 15 is 0 Å². The molecule has 0 atom stereocenters. The van der Waals surface area contributed by atoms with Gasteiger partial charge in [0.2, 0.25) is 0 Å². The molecule has 4 nitrogen and oxygen atoms in total. The van der Waals surface area contributed by atoms with Gasteiger partial charge in [0.05, 0.1) is 6.26 Å². The Bertz CT molecular complexity index is 412. The molecule has 0 unspecified atom stereocenters. The van der Waals surface area contributed by atoms with Crippen LogP contribution in [0.4, 0.5) is 5.82 Å². The van der Waals surface area contributed by atoms with Crippen molar-refractivity contribution in [2.24, 2.45) is 0 Å². The Kier molecular flexibility index (Phi) is 2.97. The lowest BCUT2D eigenvalue weighted by molar-refractivity contribution is 0.513. The highest BCUT2D eigenvalue weighted by Gasteiger charge is 1.97. The number of anilines is 1. The van der Waals surface area contributed by atoms with Gasteiger partial charge < -0.3 is 9.73 Å². The summed E-state index contributed by atoms with van der Waals surface area (Å²) in [6.45, 7) is 2.68. The minimum Gasteiger partial charge on any atom is -0.469 e. The van der Waals surface area contributed by atoms with Crippen molar-refractivity contribution in [3.8, 4) is 0 Å². The fourth-order valence-electron chi connectivity index (χ4n) is 1.32. The first-order valence-corrected chi connectivity index (χ1v) is 4.90. The maximum atomic E-state index is 5.22. The molecule has 1 N–H and O–H groups in total. The molecule has 0 aliphatic carbocycles. The van der Waals surface area contributed by atoms with E-state index < -0.39 is 0 Å². The Morgan fingerprint density at radius 2 is 2.33 bits per heavy atom. The van der Waals surface area contributed by atoms with Gasteiger partial charge in [0.25, 0.3) is 0 Å². The van der Waals surface area contributed by atoms with E-state index in [4.69, 9.17) is 4.42 Å². The summed E-state index contributed by atoms with van der Waals surface area (Å²) in [6, 6.07) is 5.71. The minimum absolute atomic E-state index is 0.776. The average molecular weight is 203 g/mol. The van der Waals surface area contributed by atoms with Crippen molar-refractivity contribution in [2.45, 2.75) is 13.3 Å². The predicted octanol–water partition coefficient (Wildman–Crippen LogP) is 2.03. The molecule has 0 bridgehead atoms. The summed E-state index contributed by atoms with van der Waals surface area (Å²) in [7, 11) is 0. The third-order valence-electron chi connectivity index (χ3n) is 2.03. The van der Waals surface area contributed by atoms with Crippen LogP contribution >= 0.6 is 0 Å². The van der Waals surface area contributed by atoms with E-state index in [2.05, 4.69) is 15.3 Å². The van der Waals surface area contributed by atoms with Crippen LogP contribution in [-0.4, -0.2) is 16.5 Å². The Morgan fingerprint density at radius 1 is 1.40 bits per heavy atom. The van der Waals surface area contributed by atoms with Gasteiger partial charge in [-0.15, -0.1) is 0 Å². The van der Waals surface area contributed by atoms with E-state index in [-0.39, 0.29) is 0 Å². The summed E-state index contributed by atoms with van der Waals surface area (Å²) in [5.41, 5.74) is 0. The quantitative estimate of drug-likeness (QED) is 0.826. The van der Waals surface area contributed by atoms with Gasteiger partial charge in [-0.05, 0) is 25.1 Å². The molecule has 0 radical (unpaired) electrons. The first kappa shape index (κ1) is 9.71. The second kappa shape index (κ2) is 4.59. The highest BCUT2D eigenvalue weighted by Crippen LogP contribution is 2.03. The summed E-state index contributed by atoms with van der Waals surface area (Å²) in [5, 5.41) is 3.21. The number of hydrogen-bond donors (Lipinski definition) is 1. The smallest absolute Gasteiger partial charge is 0.129 e. The Balaban J connectivity index is 1.83. The van der Waals surface area contributed by atoms with E-state index in [1.807, 2.05) is 25.1 Å². The summed E-state index contributed by atoms with van der Waals surface area (Å²) >= 11 is 0. The molecule has 15 heavy (non-hydrogen) atoms. The van der Waals surface area contributed by atoms with Crippen molar-refractivity contribution in [1.29, 1.82) is 0 Å². The van der Waals surface area contributed by atoms with Crippen molar-refractivity contribution in [3.63, 3.8) is 0 Å². The van der Waals surface area contributed by atoms with Gasteiger partial charge in [0.1, 0.15) is 17.4 Å². The van der Waals surface area contributed by atoms with Crippen LogP contribution in [0, 0.1) is 6.92 Å².